The molecule has 0 fully saturated rings. The second kappa shape index (κ2) is 6.56. The molecule has 2 aromatic heterocycles. The Morgan fingerprint density at radius 3 is 2.82 bits per heavy atom. The Balaban J connectivity index is 1.61. The number of aromatic nitrogens is 3. The molecule has 0 bridgehead atoms. The van der Waals surface area contributed by atoms with Crippen LogP contribution >= 0.6 is 35.0 Å². The molecule has 3 aromatic rings. The number of pyridine rings is 1. The maximum atomic E-state index is 11.9. The number of amides is 1. The van der Waals surface area contributed by atoms with Gasteiger partial charge in [0.05, 0.1) is 21.8 Å². The Morgan fingerprint density at radius 2 is 2.05 bits per heavy atom. The molecule has 2 N–H and O–H groups in total. The SMILES string of the molecule is O=C(CSc1nc2ccc(Cl)cc2[nH]1)Nc1ccc(Cl)cn1. The van der Waals surface area contributed by atoms with E-state index in [4.69, 9.17) is 23.2 Å². The standard InChI is InChI=1S/C14H10Cl2N4OS/c15-8-1-3-10-11(5-8)19-14(18-10)22-7-13(21)20-12-4-2-9(16)6-17-12/h1-6H,7H2,(H,18,19)(H,17,20,21). The number of hydrogen-bond donors (Lipinski definition) is 2. The first-order valence-corrected chi connectivity index (χ1v) is 8.04. The highest BCUT2D eigenvalue weighted by molar-refractivity contribution is 7.99. The van der Waals surface area contributed by atoms with E-state index < -0.39 is 0 Å². The van der Waals surface area contributed by atoms with Crippen molar-refractivity contribution >= 4 is 57.7 Å². The molecule has 1 amide bonds. The van der Waals surface area contributed by atoms with Crippen LogP contribution in [0.3, 0.4) is 0 Å². The van der Waals surface area contributed by atoms with Crippen LogP contribution in [0.15, 0.2) is 41.7 Å². The summed E-state index contributed by atoms with van der Waals surface area (Å²) in [6.07, 6.45) is 1.48. The van der Waals surface area contributed by atoms with E-state index in [1.165, 1.54) is 18.0 Å². The molecule has 0 saturated heterocycles. The molecule has 0 spiro atoms. The molecule has 0 aliphatic carbocycles. The summed E-state index contributed by atoms with van der Waals surface area (Å²) in [5.41, 5.74) is 1.65. The van der Waals surface area contributed by atoms with Crippen molar-refractivity contribution in [3.63, 3.8) is 0 Å². The Kier molecular flexibility index (Phi) is 4.52. The molecule has 22 heavy (non-hydrogen) atoms. The van der Waals surface area contributed by atoms with Crippen molar-refractivity contribution in [2.24, 2.45) is 0 Å². The summed E-state index contributed by atoms with van der Waals surface area (Å²) in [7, 11) is 0. The van der Waals surface area contributed by atoms with E-state index in [1.807, 2.05) is 6.07 Å². The summed E-state index contributed by atoms with van der Waals surface area (Å²) in [5, 5.41) is 4.51. The first kappa shape index (κ1) is 15.1. The number of thioether (sulfide) groups is 1. The predicted molar refractivity (Wildman–Crippen MR) is 89.7 cm³/mol. The van der Waals surface area contributed by atoms with E-state index in [0.29, 0.717) is 21.0 Å². The highest BCUT2D eigenvalue weighted by Gasteiger charge is 2.08. The number of carbonyl (C=O) groups excluding carboxylic acids is 1. The van der Waals surface area contributed by atoms with Gasteiger partial charge in [0.1, 0.15) is 5.82 Å². The molecule has 0 aliphatic rings. The summed E-state index contributed by atoms with van der Waals surface area (Å²) in [5.74, 6) is 0.516. The first-order valence-electron chi connectivity index (χ1n) is 6.29. The molecule has 3 rings (SSSR count). The summed E-state index contributed by atoms with van der Waals surface area (Å²) < 4.78 is 0. The van der Waals surface area contributed by atoms with Crippen LogP contribution in [0, 0.1) is 0 Å². The van der Waals surface area contributed by atoms with Gasteiger partial charge < -0.3 is 10.3 Å². The van der Waals surface area contributed by atoms with Crippen molar-refractivity contribution in [1.29, 1.82) is 0 Å². The van der Waals surface area contributed by atoms with E-state index in [1.54, 1.807) is 24.3 Å². The van der Waals surface area contributed by atoms with Crippen LogP contribution < -0.4 is 5.32 Å². The lowest BCUT2D eigenvalue weighted by atomic mass is 10.3. The maximum Gasteiger partial charge on any atom is 0.236 e. The number of halogens is 2. The van der Waals surface area contributed by atoms with Crippen molar-refractivity contribution in [2.75, 3.05) is 11.1 Å². The Bertz CT molecular complexity index is 819. The minimum absolute atomic E-state index is 0.168. The Labute approximate surface area is 140 Å². The first-order chi connectivity index (χ1) is 10.6. The average molecular weight is 353 g/mol. The summed E-state index contributed by atoms with van der Waals surface area (Å²) in [6.45, 7) is 0. The largest absolute Gasteiger partial charge is 0.333 e. The number of fused-ring (bicyclic) bond motifs is 1. The molecule has 0 atom stereocenters. The zero-order chi connectivity index (χ0) is 15.5. The number of aromatic amines is 1. The highest BCUT2D eigenvalue weighted by Crippen LogP contribution is 2.22. The molecular weight excluding hydrogens is 343 g/mol. The Morgan fingerprint density at radius 1 is 1.23 bits per heavy atom. The van der Waals surface area contributed by atoms with E-state index >= 15 is 0 Å². The van der Waals surface area contributed by atoms with Gasteiger partial charge >= 0.3 is 0 Å². The molecule has 0 unspecified atom stereocenters. The zero-order valence-electron chi connectivity index (χ0n) is 11.1. The molecule has 1 aromatic carbocycles. The lowest BCUT2D eigenvalue weighted by molar-refractivity contribution is -0.113. The monoisotopic (exact) mass is 352 g/mol. The minimum atomic E-state index is -0.168. The third kappa shape index (κ3) is 3.71. The Hall–Kier alpha value is -1.76. The van der Waals surface area contributed by atoms with Gasteiger partial charge in [-0.25, -0.2) is 9.97 Å². The van der Waals surface area contributed by atoms with Gasteiger partial charge in [0.15, 0.2) is 5.16 Å². The molecule has 8 heteroatoms. The number of H-pyrrole nitrogens is 1. The third-order valence-corrected chi connectivity index (χ3v) is 4.09. The number of nitrogens with zero attached hydrogens (tertiary/aromatic N) is 2. The number of anilines is 1. The second-order valence-corrected chi connectivity index (χ2v) is 6.24. The molecule has 0 aliphatic heterocycles. The van der Waals surface area contributed by atoms with E-state index in [2.05, 4.69) is 20.3 Å². The van der Waals surface area contributed by atoms with Crippen molar-refractivity contribution in [1.82, 2.24) is 15.0 Å². The smallest absolute Gasteiger partial charge is 0.236 e. The van der Waals surface area contributed by atoms with E-state index in [0.717, 1.165) is 11.0 Å². The molecule has 2 heterocycles. The van der Waals surface area contributed by atoms with Gasteiger partial charge in [0.2, 0.25) is 5.91 Å². The second-order valence-electron chi connectivity index (χ2n) is 4.40. The number of benzene rings is 1. The topological polar surface area (TPSA) is 70.7 Å². The fourth-order valence-corrected chi connectivity index (χ4v) is 2.76. The number of carbonyl (C=O) groups is 1. The van der Waals surface area contributed by atoms with Gasteiger partial charge in [0.25, 0.3) is 0 Å². The average Bonchev–Trinajstić information content (AvgIpc) is 2.89. The van der Waals surface area contributed by atoms with Gasteiger partial charge in [0, 0.05) is 11.2 Å². The quantitative estimate of drug-likeness (QED) is 0.696. The molecule has 112 valence electrons. The molecule has 0 radical (unpaired) electrons. The minimum Gasteiger partial charge on any atom is -0.333 e. The normalized spacial score (nSPS) is 10.8. The lowest BCUT2D eigenvalue weighted by Gasteiger charge is -2.02. The van der Waals surface area contributed by atoms with Crippen LogP contribution in [-0.2, 0) is 4.79 Å². The number of nitrogens with one attached hydrogen (secondary N) is 2. The van der Waals surface area contributed by atoms with Crippen LogP contribution in [0.1, 0.15) is 0 Å². The fraction of sp³-hybridized carbons (Fsp3) is 0.0714. The number of rotatable bonds is 4. The summed E-state index contributed by atoms with van der Waals surface area (Å²) >= 11 is 13.0. The van der Waals surface area contributed by atoms with E-state index in [9.17, 15) is 4.79 Å². The predicted octanol–water partition coefficient (Wildman–Crippen LogP) is 4.00. The van der Waals surface area contributed by atoms with Crippen molar-refractivity contribution in [3.8, 4) is 0 Å². The van der Waals surface area contributed by atoms with Crippen LogP contribution in [0.5, 0.6) is 0 Å². The van der Waals surface area contributed by atoms with Crippen LogP contribution in [0.4, 0.5) is 5.82 Å². The lowest BCUT2D eigenvalue weighted by Crippen LogP contribution is -2.14. The summed E-state index contributed by atoms with van der Waals surface area (Å²) in [4.78, 5) is 23.4. The summed E-state index contributed by atoms with van der Waals surface area (Å²) in [6, 6.07) is 8.72. The van der Waals surface area contributed by atoms with Crippen molar-refractivity contribution in [2.45, 2.75) is 5.16 Å². The van der Waals surface area contributed by atoms with Crippen LogP contribution in [-0.4, -0.2) is 26.6 Å². The number of hydrogen-bond acceptors (Lipinski definition) is 4. The fourth-order valence-electron chi connectivity index (χ4n) is 1.79. The molecular formula is C14H10Cl2N4OS. The molecule has 0 saturated carbocycles. The van der Waals surface area contributed by atoms with Gasteiger partial charge in [-0.3, -0.25) is 4.79 Å². The van der Waals surface area contributed by atoms with Crippen molar-refractivity contribution < 1.29 is 4.79 Å². The van der Waals surface area contributed by atoms with Gasteiger partial charge in [-0.05, 0) is 30.3 Å². The van der Waals surface area contributed by atoms with Crippen LogP contribution in [0.2, 0.25) is 10.0 Å². The number of imidazole rings is 1. The van der Waals surface area contributed by atoms with Crippen molar-refractivity contribution in [3.05, 3.63) is 46.6 Å². The highest BCUT2D eigenvalue weighted by atomic mass is 35.5. The zero-order valence-corrected chi connectivity index (χ0v) is 13.5. The third-order valence-electron chi connectivity index (χ3n) is 2.76. The maximum absolute atomic E-state index is 11.9. The van der Waals surface area contributed by atoms with Gasteiger partial charge in [-0.1, -0.05) is 35.0 Å². The van der Waals surface area contributed by atoms with Gasteiger partial charge in [-0.2, -0.15) is 0 Å². The molecule has 5 nitrogen and oxygen atoms in total. The van der Waals surface area contributed by atoms with Gasteiger partial charge in [-0.15, -0.1) is 0 Å². The van der Waals surface area contributed by atoms with Crippen LogP contribution in [0.25, 0.3) is 11.0 Å². The van der Waals surface area contributed by atoms with E-state index in [-0.39, 0.29) is 11.7 Å².